The van der Waals surface area contributed by atoms with Crippen LogP contribution in [0, 0.1) is 0 Å². The van der Waals surface area contributed by atoms with E-state index in [0.717, 1.165) is 30.7 Å². The van der Waals surface area contributed by atoms with Crippen LogP contribution in [0.25, 0.3) is 0 Å². The summed E-state index contributed by atoms with van der Waals surface area (Å²) >= 11 is 0. The molecule has 1 amide bonds. The van der Waals surface area contributed by atoms with Gasteiger partial charge in [-0.2, -0.15) is 5.10 Å². The van der Waals surface area contributed by atoms with E-state index >= 15 is 0 Å². The van der Waals surface area contributed by atoms with E-state index in [1.165, 1.54) is 6.33 Å². The molecule has 19 heavy (non-hydrogen) atoms. The maximum absolute atomic E-state index is 11.6. The summed E-state index contributed by atoms with van der Waals surface area (Å²) in [6.45, 7) is 0.659. The van der Waals surface area contributed by atoms with Gasteiger partial charge in [-0.15, -0.1) is 0 Å². The van der Waals surface area contributed by atoms with Gasteiger partial charge >= 0.3 is 0 Å². The van der Waals surface area contributed by atoms with E-state index in [0.29, 0.717) is 13.0 Å². The minimum atomic E-state index is 0.0708. The average Bonchev–Trinajstić information content (AvgIpc) is 2.96. The van der Waals surface area contributed by atoms with Gasteiger partial charge in [0.2, 0.25) is 5.91 Å². The monoisotopic (exact) mass is 259 g/mol. The molecule has 0 saturated carbocycles. The second kappa shape index (κ2) is 7.25. The zero-order chi connectivity index (χ0) is 13.3. The van der Waals surface area contributed by atoms with Crippen LogP contribution in [-0.4, -0.2) is 32.6 Å². The minimum Gasteiger partial charge on any atom is -0.356 e. The van der Waals surface area contributed by atoms with Crippen molar-refractivity contribution >= 4 is 5.91 Å². The number of nitrogens with zero attached hydrogens (tertiary/aromatic N) is 3. The molecule has 6 heteroatoms. The summed E-state index contributed by atoms with van der Waals surface area (Å²) < 4.78 is 0. The molecule has 0 aromatic carbocycles. The normalized spacial score (nSPS) is 10.3. The Bertz CT molecular complexity index is 483. The van der Waals surface area contributed by atoms with Crippen molar-refractivity contribution in [3.05, 3.63) is 42.2 Å². The molecular formula is C13H17N5O. The van der Waals surface area contributed by atoms with Crippen molar-refractivity contribution in [3.63, 3.8) is 0 Å². The van der Waals surface area contributed by atoms with E-state index in [1.807, 2.05) is 12.1 Å². The van der Waals surface area contributed by atoms with E-state index in [9.17, 15) is 4.79 Å². The number of hydrogen-bond acceptors (Lipinski definition) is 4. The minimum absolute atomic E-state index is 0.0708. The molecule has 2 aromatic heterocycles. The summed E-state index contributed by atoms with van der Waals surface area (Å²) in [4.78, 5) is 19.7. The van der Waals surface area contributed by atoms with Gasteiger partial charge in [0.1, 0.15) is 12.2 Å². The lowest BCUT2D eigenvalue weighted by Gasteiger charge is -2.04. The van der Waals surface area contributed by atoms with Crippen molar-refractivity contribution in [1.82, 2.24) is 25.5 Å². The van der Waals surface area contributed by atoms with Crippen molar-refractivity contribution in [3.8, 4) is 0 Å². The number of carbonyl (C=O) groups is 1. The first-order chi connectivity index (χ1) is 9.34. The van der Waals surface area contributed by atoms with Gasteiger partial charge in [0.05, 0.1) is 0 Å². The fraction of sp³-hybridized carbons (Fsp3) is 0.385. The highest BCUT2D eigenvalue weighted by Gasteiger charge is 2.02. The molecule has 2 heterocycles. The van der Waals surface area contributed by atoms with E-state index in [1.54, 1.807) is 12.4 Å². The van der Waals surface area contributed by atoms with E-state index in [-0.39, 0.29) is 5.91 Å². The smallest absolute Gasteiger partial charge is 0.220 e. The van der Waals surface area contributed by atoms with Crippen LogP contribution in [0.2, 0.25) is 0 Å². The molecule has 0 unspecified atom stereocenters. The largest absolute Gasteiger partial charge is 0.356 e. The van der Waals surface area contributed by atoms with Crippen LogP contribution < -0.4 is 5.32 Å². The van der Waals surface area contributed by atoms with Crippen molar-refractivity contribution in [1.29, 1.82) is 0 Å². The fourth-order valence-corrected chi connectivity index (χ4v) is 1.73. The third-order valence-electron chi connectivity index (χ3n) is 2.74. The summed E-state index contributed by atoms with van der Waals surface area (Å²) in [5.41, 5.74) is 1.08. The molecule has 0 fully saturated rings. The molecule has 2 rings (SSSR count). The Morgan fingerprint density at radius 3 is 3.05 bits per heavy atom. The number of H-pyrrole nitrogens is 1. The Morgan fingerprint density at radius 1 is 1.37 bits per heavy atom. The number of nitrogens with one attached hydrogen (secondary N) is 2. The predicted molar refractivity (Wildman–Crippen MR) is 70.3 cm³/mol. The fourth-order valence-electron chi connectivity index (χ4n) is 1.73. The van der Waals surface area contributed by atoms with Crippen LogP contribution in [0.3, 0.4) is 0 Å². The molecule has 0 atom stereocenters. The van der Waals surface area contributed by atoms with Crippen molar-refractivity contribution in [2.45, 2.75) is 25.7 Å². The first-order valence-electron chi connectivity index (χ1n) is 6.34. The molecule has 2 aromatic rings. The number of rotatable bonds is 7. The molecule has 0 radical (unpaired) electrons. The highest BCUT2D eigenvalue weighted by molar-refractivity contribution is 5.76. The van der Waals surface area contributed by atoms with Gasteiger partial charge in [-0.05, 0) is 24.5 Å². The summed E-state index contributed by atoms with van der Waals surface area (Å²) in [5, 5.41) is 9.45. The number of hydrogen-bond donors (Lipinski definition) is 2. The van der Waals surface area contributed by atoms with Gasteiger partial charge in [-0.3, -0.25) is 14.9 Å². The van der Waals surface area contributed by atoms with Gasteiger partial charge in [0.15, 0.2) is 0 Å². The summed E-state index contributed by atoms with van der Waals surface area (Å²) in [7, 11) is 0. The highest BCUT2D eigenvalue weighted by Crippen LogP contribution is 2.00. The molecule has 100 valence electrons. The molecule has 0 spiro atoms. The van der Waals surface area contributed by atoms with Crippen molar-refractivity contribution < 1.29 is 4.79 Å². The number of carbonyl (C=O) groups excluding carboxylic acids is 1. The zero-order valence-corrected chi connectivity index (χ0v) is 10.7. The van der Waals surface area contributed by atoms with Crippen molar-refractivity contribution in [2.75, 3.05) is 6.54 Å². The molecule has 0 saturated heterocycles. The predicted octanol–water partition coefficient (Wildman–Crippen LogP) is 0.881. The lowest BCUT2D eigenvalue weighted by Crippen LogP contribution is -2.25. The number of aromatic nitrogens is 4. The van der Waals surface area contributed by atoms with Crippen LogP contribution in [0.1, 0.15) is 24.2 Å². The Labute approximate surface area is 111 Å². The molecule has 2 N–H and O–H groups in total. The summed E-state index contributed by atoms with van der Waals surface area (Å²) in [6, 6.07) is 3.86. The Morgan fingerprint density at radius 2 is 2.32 bits per heavy atom. The van der Waals surface area contributed by atoms with Crippen LogP contribution in [0.4, 0.5) is 0 Å². The standard InChI is InChI=1S/C13H17N5O/c19-13(6-5-11-3-1-7-14-9-11)15-8-2-4-12-16-10-17-18-12/h1,3,7,9-10H,2,4-6,8H2,(H,15,19)(H,16,17,18). The lowest BCUT2D eigenvalue weighted by molar-refractivity contribution is -0.121. The van der Waals surface area contributed by atoms with E-state index in [4.69, 9.17) is 0 Å². The third-order valence-corrected chi connectivity index (χ3v) is 2.74. The van der Waals surface area contributed by atoms with E-state index in [2.05, 4.69) is 25.5 Å². The van der Waals surface area contributed by atoms with Crippen molar-refractivity contribution in [2.24, 2.45) is 0 Å². The van der Waals surface area contributed by atoms with Gasteiger partial charge in [-0.1, -0.05) is 6.07 Å². The molecule has 0 aliphatic heterocycles. The molecular weight excluding hydrogens is 242 g/mol. The maximum Gasteiger partial charge on any atom is 0.220 e. The maximum atomic E-state index is 11.6. The third kappa shape index (κ3) is 4.87. The van der Waals surface area contributed by atoms with Gasteiger partial charge in [0.25, 0.3) is 0 Å². The molecule has 0 aliphatic carbocycles. The summed E-state index contributed by atoms with van der Waals surface area (Å²) in [6.07, 6.45) is 7.87. The van der Waals surface area contributed by atoms with Crippen LogP contribution in [-0.2, 0) is 17.6 Å². The number of aromatic amines is 1. The van der Waals surface area contributed by atoms with Gasteiger partial charge in [-0.25, -0.2) is 4.98 Å². The zero-order valence-electron chi connectivity index (χ0n) is 10.7. The van der Waals surface area contributed by atoms with Gasteiger partial charge in [0, 0.05) is 31.8 Å². The number of amides is 1. The Balaban J connectivity index is 1.57. The number of aryl methyl sites for hydroxylation is 2. The highest BCUT2D eigenvalue weighted by atomic mass is 16.1. The SMILES string of the molecule is O=C(CCc1cccnc1)NCCCc1ncn[nH]1. The van der Waals surface area contributed by atoms with Crippen LogP contribution >= 0.6 is 0 Å². The first kappa shape index (κ1) is 13.2. The summed E-state index contributed by atoms with van der Waals surface area (Å²) in [5.74, 6) is 0.922. The number of pyridine rings is 1. The quantitative estimate of drug-likeness (QED) is 0.723. The topological polar surface area (TPSA) is 83.6 Å². The van der Waals surface area contributed by atoms with Crippen LogP contribution in [0.5, 0.6) is 0 Å². The molecule has 0 aliphatic rings. The van der Waals surface area contributed by atoms with E-state index < -0.39 is 0 Å². The first-order valence-corrected chi connectivity index (χ1v) is 6.34. The Hall–Kier alpha value is -2.24. The second-order valence-corrected chi connectivity index (χ2v) is 4.25. The molecule has 0 bridgehead atoms. The second-order valence-electron chi connectivity index (χ2n) is 4.25. The van der Waals surface area contributed by atoms with Crippen LogP contribution in [0.15, 0.2) is 30.9 Å². The average molecular weight is 259 g/mol. The Kier molecular flexibility index (Phi) is 5.04. The molecule has 6 nitrogen and oxygen atoms in total. The lowest BCUT2D eigenvalue weighted by atomic mass is 10.1. The van der Waals surface area contributed by atoms with Gasteiger partial charge < -0.3 is 5.32 Å².